The van der Waals surface area contributed by atoms with Gasteiger partial charge in [-0.1, -0.05) is 76.9 Å². The topological polar surface area (TPSA) is 110 Å². The molecule has 8 nitrogen and oxygen atoms in total. The molecule has 2 amide bonds. The van der Waals surface area contributed by atoms with Crippen molar-refractivity contribution in [2.24, 2.45) is 0 Å². The molecule has 0 fully saturated rings. The van der Waals surface area contributed by atoms with Gasteiger partial charge in [-0.25, -0.2) is 9.78 Å². The number of amides is 2. The number of non-ortho nitro benzene ring substituents is 1. The summed E-state index contributed by atoms with van der Waals surface area (Å²) in [5.74, 6) is 1.55. The number of anilines is 1. The van der Waals surface area contributed by atoms with Gasteiger partial charge in [-0.3, -0.25) is 10.1 Å². The summed E-state index contributed by atoms with van der Waals surface area (Å²) in [5.41, 5.74) is 4.35. The average Bonchev–Trinajstić information content (AvgIpc) is 3.24. The van der Waals surface area contributed by atoms with Gasteiger partial charge in [0.1, 0.15) is 5.52 Å². The molecule has 0 aliphatic rings. The molecule has 0 aliphatic carbocycles. The van der Waals surface area contributed by atoms with Crippen molar-refractivity contribution in [3.63, 3.8) is 0 Å². The Labute approximate surface area is 216 Å². The highest BCUT2D eigenvalue weighted by Crippen LogP contribution is 2.32. The van der Waals surface area contributed by atoms with Crippen molar-refractivity contribution < 1.29 is 14.1 Å². The lowest BCUT2D eigenvalue weighted by molar-refractivity contribution is -0.384. The fourth-order valence-electron chi connectivity index (χ4n) is 4.04. The van der Waals surface area contributed by atoms with Crippen molar-refractivity contribution in [3.8, 4) is 0 Å². The fraction of sp³-hybridized carbons (Fsp3) is 0.481. The molecule has 1 heterocycles. The summed E-state index contributed by atoms with van der Waals surface area (Å²) < 4.78 is 5.65. The Morgan fingerprint density at radius 3 is 2.36 bits per heavy atom. The van der Waals surface area contributed by atoms with Gasteiger partial charge in [0.15, 0.2) is 5.58 Å². The van der Waals surface area contributed by atoms with Crippen LogP contribution in [0.2, 0.25) is 0 Å². The summed E-state index contributed by atoms with van der Waals surface area (Å²) in [4.78, 5) is 27.3. The number of nitrogens with one attached hydrogen (secondary N) is 2. The number of fused-ring (bicyclic) bond motifs is 1. The molecule has 36 heavy (non-hydrogen) atoms. The molecule has 0 bridgehead atoms. The van der Waals surface area contributed by atoms with Gasteiger partial charge >= 0.3 is 6.03 Å². The van der Waals surface area contributed by atoms with E-state index in [0.717, 1.165) is 54.7 Å². The molecule has 3 aromatic rings. The molecule has 3 rings (SSSR count). The molecule has 2 aromatic carbocycles. The number of oxazole rings is 1. The molecule has 0 saturated heterocycles. The van der Waals surface area contributed by atoms with Gasteiger partial charge in [0, 0.05) is 30.1 Å². The van der Waals surface area contributed by atoms with Crippen LogP contribution < -0.4 is 10.6 Å². The zero-order valence-electron chi connectivity index (χ0n) is 21.5. The molecule has 9 heteroatoms. The zero-order chi connectivity index (χ0) is 26.1. The number of benzene rings is 2. The van der Waals surface area contributed by atoms with E-state index in [1.165, 1.54) is 23.9 Å². The minimum atomic E-state index is -0.433. The second-order valence-corrected chi connectivity index (χ2v) is 10.6. The van der Waals surface area contributed by atoms with Crippen molar-refractivity contribution in [1.29, 1.82) is 0 Å². The Morgan fingerprint density at radius 1 is 1.03 bits per heavy atom. The number of carbonyl (C=O) groups is 1. The van der Waals surface area contributed by atoms with Crippen molar-refractivity contribution in [2.45, 2.75) is 76.9 Å². The Hall–Kier alpha value is -3.07. The van der Waals surface area contributed by atoms with Gasteiger partial charge in [0.05, 0.1) is 4.92 Å². The molecule has 0 saturated carbocycles. The van der Waals surface area contributed by atoms with E-state index in [1.54, 1.807) is 6.07 Å². The highest BCUT2D eigenvalue weighted by atomic mass is 32.2. The Balaban J connectivity index is 1.31. The molecule has 0 spiro atoms. The van der Waals surface area contributed by atoms with Gasteiger partial charge in [0.2, 0.25) is 0 Å². The maximum absolute atomic E-state index is 12.5. The van der Waals surface area contributed by atoms with Gasteiger partial charge in [-0.15, -0.1) is 0 Å². The van der Waals surface area contributed by atoms with E-state index in [2.05, 4.69) is 61.5 Å². The largest absolute Gasteiger partial charge is 0.431 e. The molecule has 1 aromatic heterocycles. The molecule has 0 aliphatic heterocycles. The van der Waals surface area contributed by atoms with E-state index >= 15 is 0 Å². The zero-order valence-corrected chi connectivity index (χ0v) is 22.3. The second-order valence-electron chi connectivity index (χ2n) is 9.51. The lowest BCUT2D eigenvalue weighted by Gasteiger charge is -2.20. The van der Waals surface area contributed by atoms with Crippen LogP contribution in [0.3, 0.4) is 0 Å². The minimum absolute atomic E-state index is 0.0139. The van der Waals surface area contributed by atoms with Gasteiger partial charge in [-0.05, 0) is 41.9 Å². The Morgan fingerprint density at radius 2 is 1.69 bits per heavy atom. The normalized spacial score (nSPS) is 11.4. The SMILES string of the molecule is CC(C)c1cccc(C(C)C)c1NC(=O)NCCCCCCCSc1nc2cc([N+](=O)[O-])ccc2o1. The third-order valence-electron chi connectivity index (χ3n) is 6.01. The van der Waals surface area contributed by atoms with Crippen molar-refractivity contribution in [2.75, 3.05) is 17.6 Å². The number of nitro groups is 1. The summed E-state index contributed by atoms with van der Waals surface area (Å²) in [5, 5.41) is 17.5. The number of thioether (sulfide) groups is 1. The Kier molecular flexibility index (Phi) is 10.2. The first-order chi connectivity index (χ1) is 17.3. The van der Waals surface area contributed by atoms with E-state index < -0.39 is 4.92 Å². The average molecular weight is 513 g/mol. The number of nitrogens with zero attached hydrogens (tertiary/aromatic N) is 2. The van der Waals surface area contributed by atoms with E-state index in [-0.39, 0.29) is 11.7 Å². The number of nitro benzene ring substituents is 1. The third-order valence-corrected chi connectivity index (χ3v) is 6.92. The molecule has 194 valence electrons. The molecule has 2 N–H and O–H groups in total. The van der Waals surface area contributed by atoms with Crippen LogP contribution in [0, 0.1) is 10.1 Å². The highest BCUT2D eigenvalue weighted by Gasteiger charge is 2.16. The number of unbranched alkanes of at least 4 members (excludes halogenated alkanes) is 4. The van der Waals surface area contributed by atoms with E-state index in [0.29, 0.717) is 34.7 Å². The summed E-state index contributed by atoms with van der Waals surface area (Å²) in [7, 11) is 0. The number of para-hydroxylation sites is 1. The van der Waals surface area contributed by atoms with Crippen LogP contribution in [0.5, 0.6) is 0 Å². The van der Waals surface area contributed by atoms with E-state index in [1.807, 2.05) is 0 Å². The maximum Gasteiger partial charge on any atom is 0.319 e. The van der Waals surface area contributed by atoms with Crippen LogP contribution >= 0.6 is 11.8 Å². The monoisotopic (exact) mass is 512 g/mol. The molecule has 0 unspecified atom stereocenters. The summed E-state index contributed by atoms with van der Waals surface area (Å²) in [6.07, 6.45) is 5.20. The minimum Gasteiger partial charge on any atom is -0.431 e. The van der Waals surface area contributed by atoms with Gasteiger partial charge in [-0.2, -0.15) is 0 Å². The predicted octanol–water partition coefficient (Wildman–Crippen LogP) is 7.85. The van der Waals surface area contributed by atoms with Crippen LogP contribution in [-0.2, 0) is 0 Å². The second kappa shape index (κ2) is 13.3. The third kappa shape index (κ3) is 7.71. The first-order valence-corrected chi connectivity index (χ1v) is 13.6. The number of hydrogen-bond donors (Lipinski definition) is 2. The fourth-order valence-corrected chi connectivity index (χ4v) is 4.88. The summed E-state index contributed by atoms with van der Waals surface area (Å²) in [6.45, 7) is 9.21. The van der Waals surface area contributed by atoms with Crippen molar-refractivity contribution in [3.05, 3.63) is 57.6 Å². The van der Waals surface area contributed by atoms with Crippen molar-refractivity contribution >= 4 is 40.3 Å². The standard InChI is InChI=1S/C27H36N4O4S/c1-18(2)21-11-10-12-22(19(3)4)25(21)30-26(32)28-15-8-6-5-7-9-16-36-27-29-23-17-20(31(33)34)13-14-24(23)35-27/h10-14,17-19H,5-9,15-16H2,1-4H3,(H2,28,30,32). The number of rotatable bonds is 13. The first kappa shape index (κ1) is 27.5. The molecular formula is C27H36N4O4S. The lowest BCUT2D eigenvalue weighted by atomic mass is 9.93. The van der Waals surface area contributed by atoms with Crippen molar-refractivity contribution in [1.82, 2.24) is 10.3 Å². The van der Waals surface area contributed by atoms with E-state index in [4.69, 9.17) is 4.42 Å². The maximum atomic E-state index is 12.5. The lowest BCUT2D eigenvalue weighted by Crippen LogP contribution is -2.30. The summed E-state index contributed by atoms with van der Waals surface area (Å²) in [6, 6.07) is 10.5. The van der Waals surface area contributed by atoms with Gasteiger partial charge < -0.3 is 15.1 Å². The molecule has 0 atom stereocenters. The Bertz CT molecular complexity index is 1150. The molecular weight excluding hydrogens is 476 g/mol. The number of urea groups is 1. The predicted molar refractivity (Wildman–Crippen MR) is 146 cm³/mol. The van der Waals surface area contributed by atoms with Crippen LogP contribution in [0.25, 0.3) is 11.1 Å². The summed E-state index contributed by atoms with van der Waals surface area (Å²) >= 11 is 1.53. The number of hydrogen-bond acceptors (Lipinski definition) is 6. The first-order valence-electron chi connectivity index (χ1n) is 12.6. The van der Waals surface area contributed by atoms with Gasteiger partial charge in [0.25, 0.3) is 10.9 Å². The highest BCUT2D eigenvalue weighted by molar-refractivity contribution is 7.99. The van der Waals surface area contributed by atoms with E-state index in [9.17, 15) is 14.9 Å². The van der Waals surface area contributed by atoms with Crippen LogP contribution in [0.15, 0.2) is 46.0 Å². The number of carbonyl (C=O) groups excluding carboxylic acids is 1. The smallest absolute Gasteiger partial charge is 0.319 e. The molecule has 0 radical (unpaired) electrons. The number of aromatic nitrogens is 1. The van der Waals surface area contributed by atoms with Crippen LogP contribution in [0.1, 0.15) is 82.8 Å². The quantitative estimate of drug-likeness (QED) is 0.104. The van der Waals surface area contributed by atoms with Crippen LogP contribution in [0.4, 0.5) is 16.2 Å². The van der Waals surface area contributed by atoms with Crippen LogP contribution in [-0.4, -0.2) is 28.2 Å².